The van der Waals surface area contributed by atoms with Gasteiger partial charge in [-0.25, -0.2) is 0 Å². The largest absolute Gasteiger partial charge is 0.462 e. The fourth-order valence-corrected chi connectivity index (χ4v) is 7.92. The smallest absolute Gasteiger partial charge is 0.306 e. The van der Waals surface area contributed by atoms with Gasteiger partial charge in [-0.3, -0.25) is 9.59 Å². The zero-order valence-electron chi connectivity index (χ0n) is 42.1. The van der Waals surface area contributed by atoms with Crippen molar-refractivity contribution in [2.24, 2.45) is 0 Å². The molecule has 0 fully saturated rings. The molecule has 0 aliphatic heterocycles. The molecule has 1 amide bonds. The zero-order chi connectivity index (χ0) is 46.7. The van der Waals surface area contributed by atoms with Gasteiger partial charge in [0.2, 0.25) is 5.91 Å². The number of allylic oxidation sites excluding steroid dienone is 12. The number of nitrogens with one attached hydrogen (secondary N) is 1. The highest BCUT2D eigenvalue weighted by Crippen LogP contribution is 2.17. The average Bonchev–Trinajstić information content (AvgIpc) is 3.29. The number of carbonyl (C=O) groups is 2. The third-order valence-corrected chi connectivity index (χ3v) is 12.0. The van der Waals surface area contributed by atoms with E-state index in [1.807, 2.05) is 0 Å². The number of hydrogen-bond acceptors (Lipinski definition) is 5. The minimum atomic E-state index is -0.800. The van der Waals surface area contributed by atoms with Gasteiger partial charge in [-0.2, -0.15) is 0 Å². The van der Waals surface area contributed by atoms with E-state index in [1.54, 1.807) is 0 Å². The van der Waals surface area contributed by atoms with E-state index >= 15 is 0 Å². The van der Waals surface area contributed by atoms with Crippen molar-refractivity contribution in [3.63, 3.8) is 0 Å². The molecule has 0 aromatic carbocycles. The maximum absolute atomic E-state index is 13.2. The summed E-state index contributed by atoms with van der Waals surface area (Å²) >= 11 is 0. The summed E-state index contributed by atoms with van der Waals surface area (Å²) in [5.74, 6) is -0.525. The van der Waals surface area contributed by atoms with Gasteiger partial charge in [-0.05, 0) is 96.3 Å². The van der Waals surface area contributed by atoms with Crippen LogP contribution in [-0.2, 0) is 14.3 Å². The molecular weight excluding hydrogens is 791 g/mol. The molecule has 0 rings (SSSR count). The quantitative estimate of drug-likeness (QED) is 0.0321. The number of ether oxygens (including phenoxy) is 1. The second-order valence-electron chi connectivity index (χ2n) is 18.2. The molecule has 0 saturated carbocycles. The first-order valence-electron chi connectivity index (χ1n) is 27.2. The van der Waals surface area contributed by atoms with Crippen molar-refractivity contribution >= 4 is 11.9 Å². The van der Waals surface area contributed by atoms with E-state index in [-0.39, 0.29) is 24.9 Å². The van der Waals surface area contributed by atoms with Gasteiger partial charge >= 0.3 is 5.97 Å². The van der Waals surface area contributed by atoms with Crippen LogP contribution in [0.2, 0.25) is 0 Å². The van der Waals surface area contributed by atoms with Crippen LogP contribution in [0.4, 0.5) is 0 Å². The van der Waals surface area contributed by atoms with Crippen molar-refractivity contribution in [1.29, 1.82) is 0 Å². The van der Waals surface area contributed by atoms with Crippen LogP contribution < -0.4 is 5.32 Å². The van der Waals surface area contributed by atoms with Gasteiger partial charge in [0.1, 0.15) is 6.10 Å². The summed E-state index contributed by atoms with van der Waals surface area (Å²) in [5, 5.41) is 23.8. The molecule has 0 aromatic heterocycles. The monoisotopic (exact) mass is 894 g/mol. The zero-order valence-corrected chi connectivity index (χ0v) is 42.1. The third kappa shape index (κ3) is 45.9. The molecule has 3 unspecified atom stereocenters. The Hall–Kier alpha value is -2.70. The third-order valence-electron chi connectivity index (χ3n) is 12.0. The summed E-state index contributed by atoms with van der Waals surface area (Å²) in [6.07, 6.45) is 65.3. The number of aliphatic hydroxyl groups excluding tert-OH is 2. The maximum atomic E-state index is 13.2. The predicted molar refractivity (Wildman–Crippen MR) is 278 cm³/mol. The minimum Gasteiger partial charge on any atom is -0.462 e. The van der Waals surface area contributed by atoms with Gasteiger partial charge in [0.05, 0.1) is 25.2 Å². The molecule has 3 atom stereocenters. The van der Waals surface area contributed by atoms with Gasteiger partial charge in [-0.1, -0.05) is 222 Å². The van der Waals surface area contributed by atoms with E-state index in [1.165, 1.54) is 103 Å². The van der Waals surface area contributed by atoms with Gasteiger partial charge in [0.15, 0.2) is 0 Å². The van der Waals surface area contributed by atoms with E-state index in [0.29, 0.717) is 19.3 Å². The summed E-state index contributed by atoms with van der Waals surface area (Å²) in [4.78, 5) is 26.2. The molecule has 0 aliphatic carbocycles. The predicted octanol–water partition coefficient (Wildman–Crippen LogP) is 16.6. The first kappa shape index (κ1) is 61.3. The Balaban J connectivity index is 4.65. The number of amides is 1. The topological polar surface area (TPSA) is 95.9 Å². The normalized spacial score (nSPS) is 13.8. The molecule has 3 N–H and O–H groups in total. The Kier molecular flexibility index (Phi) is 49.1. The molecule has 0 aromatic rings. The molecule has 0 spiro atoms. The van der Waals surface area contributed by atoms with Crippen LogP contribution in [0.1, 0.15) is 258 Å². The van der Waals surface area contributed by atoms with Crippen molar-refractivity contribution in [2.75, 3.05) is 6.61 Å². The van der Waals surface area contributed by atoms with E-state index in [0.717, 1.165) is 109 Å². The van der Waals surface area contributed by atoms with Crippen molar-refractivity contribution in [3.05, 3.63) is 72.9 Å². The van der Waals surface area contributed by atoms with Gasteiger partial charge in [-0.15, -0.1) is 0 Å². The molecule has 370 valence electrons. The van der Waals surface area contributed by atoms with Crippen LogP contribution in [-0.4, -0.2) is 46.9 Å². The number of hydrogen-bond donors (Lipinski definition) is 3. The van der Waals surface area contributed by atoms with Crippen LogP contribution in [0, 0.1) is 0 Å². The van der Waals surface area contributed by atoms with Crippen molar-refractivity contribution in [2.45, 2.75) is 277 Å². The lowest BCUT2D eigenvalue weighted by molar-refractivity contribution is -0.151. The molecule has 6 nitrogen and oxygen atoms in total. The highest BCUT2D eigenvalue weighted by Gasteiger charge is 2.24. The van der Waals surface area contributed by atoms with Crippen molar-refractivity contribution in [1.82, 2.24) is 5.32 Å². The summed E-state index contributed by atoms with van der Waals surface area (Å²) in [7, 11) is 0. The van der Waals surface area contributed by atoms with Crippen molar-refractivity contribution < 1.29 is 24.5 Å². The van der Waals surface area contributed by atoms with Crippen LogP contribution in [0.5, 0.6) is 0 Å². The summed E-state index contributed by atoms with van der Waals surface area (Å²) in [6.45, 7) is 6.36. The molecule has 0 bridgehead atoms. The summed E-state index contributed by atoms with van der Waals surface area (Å²) in [6, 6.07) is -0.715. The number of unbranched alkanes of at least 4 members (excludes halogenated alkanes) is 24. The molecule has 0 heterocycles. The minimum absolute atomic E-state index is 0.0516. The van der Waals surface area contributed by atoms with E-state index in [2.05, 4.69) is 99.0 Å². The number of rotatable bonds is 48. The van der Waals surface area contributed by atoms with Crippen LogP contribution >= 0.6 is 0 Å². The highest BCUT2D eigenvalue weighted by molar-refractivity contribution is 5.77. The SMILES string of the molecule is CC/C=C\C/C=C\C/C=C\C/C=C\C/C=C\CCCCCC(=O)OC(CCCCC/C=C/CCCCCCCCC)CC(=O)NC(CO)C(O)CCCCCCCCCCCCCC. The lowest BCUT2D eigenvalue weighted by atomic mass is 10.0. The van der Waals surface area contributed by atoms with Gasteiger partial charge in [0, 0.05) is 6.42 Å². The summed E-state index contributed by atoms with van der Waals surface area (Å²) < 4.78 is 5.93. The van der Waals surface area contributed by atoms with Gasteiger partial charge in [0.25, 0.3) is 0 Å². The summed E-state index contributed by atoms with van der Waals surface area (Å²) in [5.41, 5.74) is 0. The Labute approximate surface area is 396 Å². The Morgan fingerprint density at radius 3 is 1.31 bits per heavy atom. The molecular formula is C58H103NO5. The lowest BCUT2D eigenvalue weighted by Gasteiger charge is -2.24. The lowest BCUT2D eigenvalue weighted by Crippen LogP contribution is -2.46. The Morgan fingerprint density at radius 1 is 0.469 bits per heavy atom. The van der Waals surface area contributed by atoms with E-state index < -0.39 is 18.2 Å². The van der Waals surface area contributed by atoms with Crippen molar-refractivity contribution in [3.8, 4) is 0 Å². The first-order valence-corrected chi connectivity index (χ1v) is 27.2. The van der Waals surface area contributed by atoms with Crippen LogP contribution in [0.25, 0.3) is 0 Å². The highest BCUT2D eigenvalue weighted by atomic mass is 16.5. The van der Waals surface area contributed by atoms with Crippen LogP contribution in [0.3, 0.4) is 0 Å². The maximum Gasteiger partial charge on any atom is 0.306 e. The molecule has 64 heavy (non-hydrogen) atoms. The number of carbonyl (C=O) groups excluding carboxylic acids is 2. The first-order chi connectivity index (χ1) is 31.5. The molecule has 0 saturated heterocycles. The number of aliphatic hydroxyl groups is 2. The van der Waals surface area contributed by atoms with Crippen LogP contribution in [0.15, 0.2) is 72.9 Å². The van der Waals surface area contributed by atoms with E-state index in [9.17, 15) is 19.8 Å². The Morgan fingerprint density at radius 2 is 0.844 bits per heavy atom. The average molecular weight is 894 g/mol. The molecule has 0 aliphatic rings. The molecule has 6 heteroatoms. The fraction of sp³-hybridized carbons (Fsp3) is 0.759. The molecule has 0 radical (unpaired) electrons. The van der Waals surface area contributed by atoms with Gasteiger partial charge < -0.3 is 20.3 Å². The van der Waals surface area contributed by atoms with E-state index in [4.69, 9.17) is 4.74 Å². The second kappa shape index (κ2) is 51.3. The Bertz CT molecular complexity index is 1190. The fourth-order valence-electron chi connectivity index (χ4n) is 7.92. The number of esters is 1. The second-order valence-corrected chi connectivity index (χ2v) is 18.2. The standard InChI is InChI=1S/C58H103NO5/c1-4-7-10-13-16-19-22-25-27-28-29-30-31-33-36-39-42-45-48-51-58(63)64-54(49-46-43-40-37-34-32-26-23-20-17-14-11-8-5-2)52-57(62)59-55(53-60)56(61)50-47-44-41-38-35-24-21-18-15-12-9-6-3/h7,10,16,19,25,27,29-30,32-34,36,54-56,60-61H,4-6,8-9,11-15,17-18,20-24,26,28,31,35,37-53H2,1-3H3,(H,59,62)/b10-7-,19-16-,27-25-,30-29-,34-32+,36-33-.